The Balaban J connectivity index is 1.95. The SMILES string of the molecule is COC(=O)c1ccc(Nc2cc(-c3ccccc3)nc(NCC(=O)O)n2)cc1OC. The summed E-state index contributed by atoms with van der Waals surface area (Å²) in [4.78, 5) is 31.5. The van der Waals surface area contributed by atoms with Gasteiger partial charge < -0.3 is 25.2 Å². The third-order valence-corrected chi connectivity index (χ3v) is 4.07. The van der Waals surface area contributed by atoms with Crippen molar-refractivity contribution in [1.82, 2.24) is 9.97 Å². The van der Waals surface area contributed by atoms with Crippen LogP contribution in [0.2, 0.25) is 0 Å². The maximum absolute atomic E-state index is 11.8. The molecule has 0 unspecified atom stereocenters. The molecule has 0 atom stereocenters. The van der Waals surface area contributed by atoms with Crippen LogP contribution in [0.5, 0.6) is 5.75 Å². The van der Waals surface area contributed by atoms with Crippen LogP contribution in [0.15, 0.2) is 54.6 Å². The molecule has 0 spiro atoms. The number of ether oxygens (including phenoxy) is 2. The zero-order valence-electron chi connectivity index (χ0n) is 16.4. The van der Waals surface area contributed by atoms with Crippen LogP contribution in [0.1, 0.15) is 10.4 Å². The van der Waals surface area contributed by atoms with E-state index in [0.29, 0.717) is 28.5 Å². The molecule has 9 nitrogen and oxygen atoms in total. The second kappa shape index (κ2) is 9.37. The molecule has 1 heterocycles. The molecule has 3 N–H and O–H groups in total. The maximum Gasteiger partial charge on any atom is 0.341 e. The Labute approximate surface area is 172 Å². The molecule has 9 heteroatoms. The summed E-state index contributed by atoms with van der Waals surface area (Å²) in [6.45, 7) is -0.320. The molecular formula is C21H20N4O5. The van der Waals surface area contributed by atoms with E-state index in [2.05, 4.69) is 20.6 Å². The fraction of sp³-hybridized carbons (Fsp3) is 0.143. The summed E-state index contributed by atoms with van der Waals surface area (Å²) in [6.07, 6.45) is 0. The lowest BCUT2D eigenvalue weighted by Crippen LogP contribution is -2.15. The summed E-state index contributed by atoms with van der Waals surface area (Å²) in [5.74, 6) is -0.592. The number of anilines is 3. The molecule has 0 fully saturated rings. The van der Waals surface area contributed by atoms with Crippen molar-refractivity contribution in [2.24, 2.45) is 0 Å². The van der Waals surface area contributed by atoms with Crippen LogP contribution in [-0.2, 0) is 9.53 Å². The number of nitrogens with zero attached hydrogens (tertiary/aromatic N) is 2. The fourth-order valence-electron chi connectivity index (χ4n) is 2.70. The highest BCUT2D eigenvalue weighted by atomic mass is 16.5. The molecule has 0 saturated heterocycles. The Morgan fingerprint density at radius 3 is 2.47 bits per heavy atom. The van der Waals surface area contributed by atoms with Crippen molar-refractivity contribution in [2.75, 3.05) is 31.4 Å². The molecule has 1 aromatic heterocycles. The van der Waals surface area contributed by atoms with Crippen molar-refractivity contribution in [3.8, 4) is 17.0 Å². The molecule has 30 heavy (non-hydrogen) atoms. The number of carboxylic acids is 1. The Hall–Kier alpha value is -4.14. The lowest BCUT2D eigenvalue weighted by molar-refractivity contribution is -0.134. The van der Waals surface area contributed by atoms with Gasteiger partial charge in [0.05, 0.1) is 19.9 Å². The standard InChI is InChI=1S/C21H20N4O5/c1-29-17-10-14(8-9-15(17)20(28)30-2)23-18-11-16(13-6-4-3-5-7-13)24-21(25-18)22-12-19(26)27/h3-11H,12H2,1-2H3,(H,26,27)(H2,22,23,24,25). The first-order valence-corrected chi connectivity index (χ1v) is 8.93. The van der Waals surface area contributed by atoms with Crippen molar-refractivity contribution in [3.05, 3.63) is 60.2 Å². The second-order valence-corrected chi connectivity index (χ2v) is 6.11. The van der Waals surface area contributed by atoms with Crippen molar-refractivity contribution in [2.45, 2.75) is 0 Å². The molecule has 0 aliphatic rings. The van der Waals surface area contributed by atoms with Gasteiger partial charge in [-0.1, -0.05) is 30.3 Å². The molecule has 2 aromatic carbocycles. The Bertz CT molecular complexity index is 1060. The van der Waals surface area contributed by atoms with Crippen molar-refractivity contribution in [3.63, 3.8) is 0 Å². The number of carbonyl (C=O) groups is 2. The van der Waals surface area contributed by atoms with Crippen LogP contribution in [0.25, 0.3) is 11.3 Å². The smallest absolute Gasteiger partial charge is 0.341 e. The quantitative estimate of drug-likeness (QED) is 0.482. The largest absolute Gasteiger partial charge is 0.496 e. The highest BCUT2D eigenvalue weighted by Gasteiger charge is 2.14. The molecule has 0 bridgehead atoms. The summed E-state index contributed by atoms with van der Waals surface area (Å²) in [7, 11) is 2.75. The number of carboxylic acid groups (broad SMARTS) is 1. The van der Waals surface area contributed by atoms with Crippen molar-refractivity contribution < 1.29 is 24.2 Å². The first-order chi connectivity index (χ1) is 14.5. The van der Waals surface area contributed by atoms with Gasteiger partial charge in [0.15, 0.2) is 0 Å². The summed E-state index contributed by atoms with van der Waals surface area (Å²) < 4.78 is 10.0. The third-order valence-electron chi connectivity index (χ3n) is 4.07. The zero-order valence-corrected chi connectivity index (χ0v) is 16.4. The molecule has 0 aliphatic carbocycles. The Kier molecular flexibility index (Phi) is 6.43. The molecule has 3 rings (SSSR count). The van der Waals surface area contributed by atoms with Gasteiger partial charge in [-0.25, -0.2) is 9.78 Å². The number of rotatable bonds is 8. The predicted molar refractivity (Wildman–Crippen MR) is 111 cm³/mol. The second-order valence-electron chi connectivity index (χ2n) is 6.11. The molecule has 0 amide bonds. The highest BCUT2D eigenvalue weighted by molar-refractivity contribution is 5.93. The van der Waals surface area contributed by atoms with Gasteiger partial charge in [-0.3, -0.25) is 4.79 Å². The molecular weight excluding hydrogens is 388 g/mol. The number of hydrogen-bond donors (Lipinski definition) is 3. The minimum absolute atomic E-state index is 0.166. The maximum atomic E-state index is 11.8. The Morgan fingerprint density at radius 2 is 1.80 bits per heavy atom. The number of esters is 1. The van der Waals surface area contributed by atoms with Gasteiger partial charge in [0.2, 0.25) is 5.95 Å². The number of aromatic nitrogens is 2. The van der Waals surface area contributed by atoms with E-state index in [1.807, 2.05) is 30.3 Å². The molecule has 0 saturated carbocycles. The predicted octanol–water partition coefficient (Wildman–Crippen LogP) is 3.18. The molecule has 0 aliphatic heterocycles. The van der Waals surface area contributed by atoms with Crippen LogP contribution < -0.4 is 15.4 Å². The van der Waals surface area contributed by atoms with Gasteiger partial charge in [-0.05, 0) is 12.1 Å². The van der Waals surface area contributed by atoms with Gasteiger partial charge >= 0.3 is 11.9 Å². The number of aliphatic carboxylic acids is 1. The van der Waals surface area contributed by atoms with Gasteiger partial charge in [-0.2, -0.15) is 4.98 Å². The van der Waals surface area contributed by atoms with Crippen LogP contribution in [0.4, 0.5) is 17.5 Å². The fourth-order valence-corrected chi connectivity index (χ4v) is 2.70. The van der Waals surface area contributed by atoms with E-state index < -0.39 is 11.9 Å². The van der Waals surface area contributed by atoms with E-state index in [1.54, 1.807) is 24.3 Å². The van der Waals surface area contributed by atoms with E-state index in [1.165, 1.54) is 14.2 Å². The van der Waals surface area contributed by atoms with E-state index >= 15 is 0 Å². The summed E-state index contributed by atoms with van der Waals surface area (Å²) in [5, 5.41) is 14.7. The number of nitrogens with one attached hydrogen (secondary N) is 2. The lowest BCUT2D eigenvalue weighted by Gasteiger charge is -2.13. The number of benzene rings is 2. The Morgan fingerprint density at radius 1 is 1.03 bits per heavy atom. The molecule has 0 radical (unpaired) electrons. The number of carbonyl (C=O) groups excluding carboxylic acids is 1. The van der Waals surface area contributed by atoms with Crippen LogP contribution >= 0.6 is 0 Å². The summed E-state index contributed by atoms with van der Waals surface area (Å²) >= 11 is 0. The monoisotopic (exact) mass is 408 g/mol. The van der Waals surface area contributed by atoms with Crippen LogP contribution in [0.3, 0.4) is 0 Å². The molecule has 154 valence electrons. The zero-order chi connectivity index (χ0) is 21.5. The first kappa shape index (κ1) is 20.6. The summed E-state index contributed by atoms with van der Waals surface area (Å²) in [5.41, 5.74) is 2.36. The minimum atomic E-state index is -1.03. The molecule has 3 aromatic rings. The van der Waals surface area contributed by atoms with Crippen LogP contribution in [-0.4, -0.2) is 47.8 Å². The average Bonchev–Trinajstić information content (AvgIpc) is 2.77. The van der Waals surface area contributed by atoms with Crippen molar-refractivity contribution in [1.29, 1.82) is 0 Å². The minimum Gasteiger partial charge on any atom is -0.496 e. The van der Waals surface area contributed by atoms with Gasteiger partial charge in [0.25, 0.3) is 0 Å². The lowest BCUT2D eigenvalue weighted by atomic mass is 10.1. The average molecular weight is 408 g/mol. The third kappa shape index (κ3) is 5.02. The van der Waals surface area contributed by atoms with E-state index in [9.17, 15) is 9.59 Å². The van der Waals surface area contributed by atoms with Gasteiger partial charge in [0, 0.05) is 23.4 Å². The number of hydrogen-bond acceptors (Lipinski definition) is 8. The van der Waals surface area contributed by atoms with E-state index in [4.69, 9.17) is 14.6 Å². The van der Waals surface area contributed by atoms with Gasteiger partial charge in [0.1, 0.15) is 23.7 Å². The topological polar surface area (TPSA) is 123 Å². The summed E-state index contributed by atoms with van der Waals surface area (Å²) in [6, 6.07) is 16.1. The van der Waals surface area contributed by atoms with Crippen molar-refractivity contribution >= 4 is 29.4 Å². The van der Waals surface area contributed by atoms with E-state index in [-0.39, 0.29) is 12.5 Å². The first-order valence-electron chi connectivity index (χ1n) is 8.93. The van der Waals surface area contributed by atoms with Gasteiger partial charge in [-0.15, -0.1) is 0 Å². The van der Waals surface area contributed by atoms with E-state index in [0.717, 1.165) is 5.56 Å². The van der Waals surface area contributed by atoms with Crippen LogP contribution in [0, 0.1) is 0 Å². The normalized spacial score (nSPS) is 10.2. The highest BCUT2D eigenvalue weighted by Crippen LogP contribution is 2.28. The number of methoxy groups -OCH3 is 2.